The molecule has 2 rings (SSSR count). The Kier molecular flexibility index (Phi) is 5.56. The average Bonchev–Trinajstić information content (AvgIpc) is 2.69. The van der Waals surface area contributed by atoms with E-state index < -0.39 is 0 Å². The maximum absolute atomic E-state index is 13.8. The SMILES string of the molecule is NNC(Cc1cc(Br)ccc1F)c1cc(Br)sc1Br. The Balaban J connectivity index is 2.29. The molecule has 19 heavy (non-hydrogen) atoms. The highest BCUT2D eigenvalue weighted by Crippen LogP contribution is 2.36. The predicted molar refractivity (Wildman–Crippen MR) is 87.6 cm³/mol. The molecule has 0 spiro atoms. The fourth-order valence-corrected chi connectivity index (χ4v) is 5.15. The van der Waals surface area contributed by atoms with Gasteiger partial charge >= 0.3 is 0 Å². The topological polar surface area (TPSA) is 38.0 Å². The molecule has 1 aromatic carbocycles. The minimum absolute atomic E-state index is 0.152. The first-order valence-electron chi connectivity index (χ1n) is 5.36. The maximum atomic E-state index is 13.8. The lowest BCUT2D eigenvalue weighted by Crippen LogP contribution is -2.29. The van der Waals surface area contributed by atoms with Crippen molar-refractivity contribution < 1.29 is 4.39 Å². The van der Waals surface area contributed by atoms with E-state index in [0.29, 0.717) is 12.0 Å². The van der Waals surface area contributed by atoms with Gasteiger partial charge in [0.1, 0.15) is 5.82 Å². The third kappa shape index (κ3) is 3.86. The number of hydrogen-bond donors (Lipinski definition) is 2. The van der Waals surface area contributed by atoms with Crippen LogP contribution in [0.15, 0.2) is 36.3 Å². The summed E-state index contributed by atoms with van der Waals surface area (Å²) < 4.78 is 16.6. The Bertz CT molecular complexity index is 588. The smallest absolute Gasteiger partial charge is 0.126 e. The van der Waals surface area contributed by atoms with Gasteiger partial charge in [0, 0.05) is 4.47 Å². The van der Waals surface area contributed by atoms with Crippen molar-refractivity contribution in [3.63, 3.8) is 0 Å². The highest BCUT2D eigenvalue weighted by Gasteiger charge is 2.18. The molecule has 0 saturated heterocycles. The van der Waals surface area contributed by atoms with Crippen molar-refractivity contribution in [3.05, 3.63) is 53.3 Å². The molecular weight excluding hydrogens is 463 g/mol. The van der Waals surface area contributed by atoms with Crippen LogP contribution < -0.4 is 11.3 Å². The number of thiophene rings is 1. The number of hydrogen-bond acceptors (Lipinski definition) is 3. The summed E-state index contributed by atoms with van der Waals surface area (Å²) in [4.78, 5) is 0. The molecule has 102 valence electrons. The molecule has 0 radical (unpaired) electrons. The fourth-order valence-electron chi connectivity index (χ4n) is 1.77. The Morgan fingerprint density at radius 1 is 1.26 bits per heavy atom. The molecule has 0 aliphatic heterocycles. The summed E-state index contributed by atoms with van der Waals surface area (Å²) in [7, 11) is 0. The lowest BCUT2D eigenvalue weighted by atomic mass is 10.0. The van der Waals surface area contributed by atoms with Gasteiger partial charge in [-0.2, -0.15) is 0 Å². The number of nitrogens with two attached hydrogens (primary N) is 1. The molecule has 0 fully saturated rings. The Morgan fingerprint density at radius 3 is 2.58 bits per heavy atom. The summed E-state index contributed by atoms with van der Waals surface area (Å²) >= 11 is 11.8. The molecule has 2 aromatic rings. The predicted octanol–water partition coefficient (Wildman–Crippen LogP) is 4.92. The van der Waals surface area contributed by atoms with Crippen molar-refractivity contribution in [2.24, 2.45) is 5.84 Å². The third-order valence-electron chi connectivity index (χ3n) is 2.69. The second-order valence-electron chi connectivity index (χ2n) is 3.94. The van der Waals surface area contributed by atoms with Crippen LogP contribution in [0.1, 0.15) is 17.2 Å². The summed E-state index contributed by atoms with van der Waals surface area (Å²) in [6.07, 6.45) is 0.476. The molecule has 0 aliphatic carbocycles. The van der Waals surface area contributed by atoms with Crippen LogP contribution in [0.2, 0.25) is 0 Å². The number of halogens is 4. The van der Waals surface area contributed by atoms with Gasteiger partial charge in [-0.15, -0.1) is 11.3 Å². The van der Waals surface area contributed by atoms with Crippen LogP contribution in [0.5, 0.6) is 0 Å². The Morgan fingerprint density at radius 2 is 2.00 bits per heavy atom. The van der Waals surface area contributed by atoms with E-state index in [4.69, 9.17) is 5.84 Å². The van der Waals surface area contributed by atoms with Crippen molar-refractivity contribution in [3.8, 4) is 0 Å². The number of hydrazine groups is 1. The number of rotatable bonds is 4. The van der Waals surface area contributed by atoms with Crippen molar-refractivity contribution in [2.75, 3.05) is 0 Å². The van der Waals surface area contributed by atoms with E-state index in [1.807, 2.05) is 6.07 Å². The zero-order valence-corrected chi connectivity index (χ0v) is 15.2. The van der Waals surface area contributed by atoms with Crippen molar-refractivity contribution >= 4 is 59.1 Å². The van der Waals surface area contributed by atoms with Crippen LogP contribution >= 0.6 is 59.1 Å². The molecule has 0 amide bonds. The molecule has 1 heterocycles. The second-order valence-corrected chi connectivity index (χ2v) is 8.60. The molecule has 7 heteroatoms. The van der Waals surface area contributed by atoms with E-state index in [2.05, 4.69) is 53.2 Å². The van der Waals surface area contributed by atoms with Crippen LogP contribution in [0.25, 0.3) is 0 Å². The monoisotopic (exact) mass is 470 g/mol. The molecule has 0 saturated carbocycles. The minimum atomic E-state index is -0.228. The van der Waals surface area contributed by atoms with Gasteiger partial charge in [-0.1, -0.05) is 15.9 Å². The molecule has 1 unspecified atom stereocenters. The molecule has 3 N–H and O–H groups in total. The summed E-state index contributed by atoms with van der Waals surface area (Å²) in [5, 5.41) is 0. The summed E-state index contributed by atoms with van der Waals surface area (Å²) in [6, 6.07) is 6.73. The van der Waals surface area contributed by atoms with Gasteiger partial charge in [0.15, 0.2) is 0 Å². The second kappa shape index (κ2) is 6.78. The normalized spacial score (nSPS) is 12.7. The van der Waals surface area contributed by atoms with Gasteiger partial charge in [-0.3, -0.25) is 11.3 Å². The zero-order chi connectivity index (χ0) is 14.0. The summed E-state index contributed by atoms with van der Waals surface area (Å²) in [6.45, 7) is 0. The first-order valence-corrected chi connectivity index (χ1v) is 8.55. The van der Waals surface area contributed by atoms with E-state index in [9.17, 15) is 4.39 Å². The standard InChI is InChI=1S/C12H10Br3FN2S/c13-7-1-2-9(16)6(3-7)4-10(18-17)8-5-11(14)19-12(8)15/h1-3,5,10,18H,4,17H2. The van der Waals surface area contributed by atoms with Gasteiger partial charge in [-0.25, -0.2) is 4.39 Å². The van der Waals surface area contributed by atoms with Crippen LogP contribution in [-0.2, 0) is 6.42 Å². The first kappa shape index (κ1) is 15.6. The summed E-state index contributed by atoms with van der Waals surface area (Å²) in [5.74, 6) is 5.38. The largest absolute Gasteiger partial charge is 0.271 e. The minimum Gasteiger partial charge on any atom is -0.271 e. The quantitative estimate of drug-likeness (QED) is 0.489. The van der Waals surface area contributed by atoms with Crippen LogP contribution in [0.4, 0.5) is 4.39 Å². The highest BCUT2D eigenvalue weighted by molar-refractivity contribution is 9.12. The lowest BCUT2D eigenvalue weighted by Gasteiger charge is -2.16. The van der Waals surface area contributed by atoms with E-state index in [1.165, 1.54) is 6.07 Å². The Labute approximate surface area is 139 Å². The summed E-state index contributed by atoms with van der Waals surface area (Å²) in [5.41, 5.74) is 4.37. The zero-order valence-electron chi connectivity index (χ0n) is 9.59. The van der Waals surface area contributed by atoms with Crippen LogP contribution in [0, 0.1) is 5.82 Å². The molecule has 0 bridgehead atoms. The van der Waals surface area contributed by atoms with Crippen molar-refractivity contribution in [1.29, 1.82) is 0 Å². The molecule has 1 atom stereocenters. The van der Waals surface area contributed by atoms with Crippen molar-refractivity contribution in [1.82, 2.24) is 5.43 Å². The molecular formula is C12H10Br3FN2S. The third-order valence-corrected chi connectivity index (χ3v) is 5.57. The van der Waals surface area contributed by atoms with Gasteiger partial charge < -0.3 is 0 Å². The molecule has 1 aromatic heterocycles. The van der Waals surface area contributed by atoms with Crippen LogP contribution in [-0.4, -0.2) is 0 Å². The van der Waals surface area contributed by atoms with Gasteiger partial charge in [0.2, 0.25) is 0 Å². The highest BCUT2D eigenvalue weighted by atomic mass is 79.9. The van der Waals surface area contributed by atoms with Crippen LogP contribution in [0.3, 0.4) is 0 Å². The molecule has 2 nitrogen and oxygen atoms in total. The van der Waals surface area contributed by atoms with Gasteiger partial charge in [0.05, 0.1) is 13.6 Å². The van der Waals surface area contributed by atoms with E-state index >= 15 is 0 Å². The van der Waals surface area contributed by atoms with Gasteiger partial charge in [-0.05, 0) is 73.7 Å². The van der Waals surface area contributed by atoms with E-state index in [0.717, 1.165) is 17.6 Å². The number of nitrogens with one attached hydrogen (secondary N) is 1. The fraction of sp³-hybridized carbons (Fsp3) is 0.167. The lowest BCUT2D eigenvalue weighted by molar-refractivity contribution is 0.529. The van der Waals surface area contributed by atoms with Crippen molar-refractivity contribution in [2.45, 2.75) is 12.5 Å². The average molecular weight is 473 g/mol. The Hall–Kier alpha value is 0.210. The molecule has 0 aliphatic rings. The first-order chi connectivity index (χ1) is 9.01. The number of benzene rings is 1. The van der Waals surface area contributed by atoms with E-state index in [1.54, 1.807) is 23.5 Å². The maximum Gasteiger partial charge on any atom is 0.126 e. The van der Waals surface area contributed by atoms with Gasteiger partial charge in [0.25, 0.3) is 0 Å². The van der Waals surface area contributed by atoms with E-state index in [-0.39, 0.29) is 11.9 Å².